The number of nitro groups is 1. The SMILES string of the molecule is O=C(NCc1nnc(SCc2ccccc2)n1-c1ccc([N+](=O)[O-])cc1)Nc1ccc(F)cc1F. The first-order chi connectivity index (χ1) is 16.9. The zero-order valence-corrected chi connectivity index (χ0v) is 18.8. The lowest BCUT2D eigenvalue weighted by atomic mass is 10.2. The molecule has 0 saturated carbocycles. The van der Waals surface area contributed by atoms with Crippen LogP contribution in [0.25, 0.3) is 5.69 Å². The van der Waals surface area contributed by atoms with Gasteiger partial charge in [0.15, 0.2) is 11.0 Å². The van der Waals surface area contributed by atoms with Crippen LogP contribution < -0.4 is 10.6 Å². The highest BCUT2D eigenvalue weighted by molar-refractivity contribution is 7.98. The fourth-order valence-electron chi connectivity index (χ4n) is 3.13. The molecular formula is C23H18F2N6O3S. The third kappa shape index (κ3) is 5.98. The minimum absolute atomic E-state index is 0.0688. The van der Waals surface area contributed by atoms with Crippen molar-refractivity contribution >= 4 is 29.2 Å². The number of aromatic nitrogens is 3. The first-order valence-electron chi connectivity index (χ1n) is 10.3. The van der Waals surface area contributed by atoms with Crippen molar-refractivity contribution in [2.24, 2.45) is 0 Å². The third-order valence-corrected chi connectivity index (χ3v) is 5.82. The molecular weight excluding hydrogens is 478 g/mol. The fraction of sp³-hybridized carbons (Fsp3) is 0.0870. The molecule has 3 aromatic carbocycles. The number of rotatable bonds is 8. The number of hydrogen-bond donors (Lipinski definition) is 2. The smallest absolute Gasteiger partial charge is 0.319 e. The second-order valence-corrected chi connectivity index (χ2v) is 8.16. The molecule has 1 heterocycles. The minimum Gasteiger partial charge on any atom is -0.331 e. The van der Waals surface area contributed by atoms with E-state index in [1.807, 2.05) is 30.3 Å². The summed E-state index contributed by atoms with van der Waals surface area (Å²) in [6, 6.07) is 17.6. The van der Waals surface area contributed by atoms with Gasteiger partial charge in [0.05, 0.1) is 17.2 Å². The van der Waals surface area contributed by atoms with E-state index < -0.39 is 22.6 Å². The van der Waals surface area contributed by atoms with Gasteiger partial charge in [-0.2, -0.15) is 0 Å². The van der Waals surface area contributed by atoms with E-state index in [-0.39, 0.29) is 17.9 Å². The molecule has 0 atom stereocenters. The summed E-state index contributed by atoms with van der Waals surface area (Å²) >= 11 is 1.41. The van der Waals surface area contributed by atoms with Crippen LogP contribution in [0, 0.1) is 21.7 Å². The summed E-state index contributed by atoms with van der Waals surface area (Å²) in [5.74, 6) is -0.716. The van der Waals surface area contributed by atoms with E-state index in [0.29, 0.717) is 28.5 Å². The van der Waals surface area contributed by atoms with Gasteiger partial charge in [0.1, 0.15) is 11.6 Å². The maximum absolute atomic E-state index is 13.8. The zero-order valence-electron chi connectivity index (χ0n) is 18.0. The van der Waals surface area contributed by atoms with E-state index in [9.17, 15) is 23.7 Å². The average Bonchev–Trinajstić information content (AvgIpc) is 3.26. The predicted octanol–water partition coefficient (Wildman–Crippen LogP) is 5.07. The van der Waals surface area contributed by atoms with Crippen LogP contribution in [0.2, 0.25) is 0 Å². The van der Waals surface area contributed by atoms with Gasteiger partial charge in [0.25, 0.3) is 5.69 Å². The predicted molar refractivity (Wildman–Crippen MR) is 126 cm³/mol. The first kappa shape index (κ1) is 23.8. The number of nitrogens with one attached hydrogen (secondary N) is 2. The molecule has 12 heteroatoms. The number of benzene rings is 3. The van der Waals surface area contributed by atoms with Crippen LogP contribution in [-0.2, 0) is 12.3 Å². The topological polar surface area (TPSA) is 115 Å². The Labute approximate surface area is 202 Å². The number of amides is 2. The molecule has 35 heavy (non-hydrogen) atoms. The van der Waals surface area contributed by atoms with Gasteiger partial charge in [0.2, 0.25) is 0 Å². The number of thioether (sulfide) groups is 1. The molecule has 0 aliphatic rings. The number of nitrogens with zero attached hydrogens (tertiary/aromatic N) is 4. The molecule has 4 aromatic rings. The van der Waals surface area contributed by atoms with Crippen LogP contribution in [-0.4, -0.2) is 25.7 Å². The van der Waals surface area contributed by atoms with Crippen LogP contribution in [0.1, 0.15) is 11.4 Å². The van der Waals surface area contributed by atoms with Crippen LogP contribution in [0.5, 0.6) is 0 Å². The molecule has 0 unspecified atom stereocenters. The number of urea groups is 1. The number of carbonyl (C=O) groups excluding carboxylic acids is 1. The number of non-ortho nitro benzene ring substituents is 1. The van der Waals surface area contributed by atoms with E-state index in [1.54, 1.807) is 16.7 Å². The summed E-state index contributed by atoms with van der Waals surface area (Å²) in [6.07, 6.45) is 0. The van der Waals surface area contributed by atoms with Crippen LogP contribution in [0.4, 0.5) is 25.0 Å². The summed E-state index contributed by atoms with van der Waals surface area (Å²) in [7, 11) is 0. The van der Waals surface area contributed by atoms with Crippen molar-refractivity contribution in [1.82, 2.24) is 20.1 Å². The van der Waals surface area contributed by atoms with Crippen molar-refractivity contribution in [2.45, 2.75) is 17.5 Å². The third-order valence-electron chi connectivity index (χ3n) is 4.82. The number of anilines is 1. The van der Waals surface area contributed by atoms with E-state index in [0.717, 1.165) is 17.7 Å². The number of hydrogen-bond acceptors (Lipinski definition) is 6. The molecule has 0 spiro atoms. The Balaban J connectivity index is 1.54. The van der Waals surface area contributed by atoms with Crippen molar-refractivity contribution in [2.75, 3.05) is 5.32 Å². The molecule has 9 nitrogen and oxygen atoms in total. The van der Waals surface area contributed by atoms with Gasteiger partial charge in [-0.25, -0.2) is 13.6 Å². The monoisotopic (exact) mass is 496 g/mol. The van der Waals surface area contributed by atoms with Crippen molar-refractivity contribution in [1.29, 1.82) is 0 Å². The summed E-state index contributed by atoms with van der Waals surface area (Å²) in [4.78, 5) is 22.8. The lowest BCUT2D eigenvalue weighted by molar-refractivity contribution is -0.384. The van der Waals surface area contributed by atoms with Gasteiger partial charge in [-0.15, -0.1) is 10.2 Å². The Hall–Kier alpha value is -4.32. The van der Waals surface area contributed by atoms with Crippen LogP contribution in [0.15, 0.2) is 78.0 Å². The molecule has 4 rings (SSSR count). The standard InChI is InChI=1S/C23H18F2N6O3S/c24-16-6-11-20(19(25)12-16)27-22(32)26-13-21-28-29-23(35-14-15-4-2-1-3-5-15)30(21)17-7-9-18(10-8-17)31(33)34/h1-12H,13-14H2,(H2,26,27,32). The molecule has 2 amide bonds. The summed E-state index contributed by atoms with van der Waals surface area (Å²) in [5.41, 5.74) is 1.38. The van der Waals surface area contributed by atoms with E-state index >= 15 is 0 Å². The van der Waals surface area contributed by atoms with Gasteiger partial charge in [-0.05, 0) is 29.8 Å². The van der Waals surface area contributed by atoms with Crippen LogP contribution >= 0.6 is 11.8 Å². The van der Waals surface area contributed by atoms with Gasteiger partial charge in [-0.3, -0.25) is 14.7 Å². The molecule has 0 bridgehead atoms. The van der Waals surface area contributed by atoms with Crippen molar-refractivity contribution in [3.8, 4) is 5.69 Å². The maximum atomic E-state index is 13.8. The molecule has 0 aliphatic carbocycles. The molecule has 0 saturated heterocycles. The first-order valence-corrected chi connectivity index (χ1v) is 11.2. The van der Waals surface area contributed by atoms with Crippen molar-refractivity contribution in [3.05, 3.63) is 106 Å². The molecule has 1 aromatic heterocycles. The Morgan fingerprint density at radius 2 is 1.77 bits per heavy atom. The summed E-state index contributed by atoms with van der Waals surface area (Å²) in [5, 5.41) is 24.8. The molecule has 0 radical (unpaired) electrons. The Morgan fingerprint density at radius 1 is 1.03 bits per heavy atom. The summed E-state index contributed by atoms with van der Waals surface area (Å²) < 4.78 is 28.6. The Morgan fingerprint density at radius 3 is 2.46 bits per heavy atom. The van der Waals surface area contributed by atoms with Gasteiger partial charge in [0, 0.05) is 29.6 Å². The second kappa shape index (κ2) is 10.7. The van der Waals surface area contributed by atoms with Crippen molar-refractivity contribution < 1.29 is 18.5 Å². The normalized spacial score (nSPS) is 10.7. The van der Waals surface area contributed by atoms with E-state index in [4.69, 9.17) is 0 Å². The molecule has 0 fully saturated rings. The zero-order chi connectivity index (χ0) is 24.8. The number of nitro benzene ring substituents is 1. The van der Waals surface area contributed by atoms with Crippen molar-refractivity contribution in [3.63, 3.8) is 0 Å². The van der Waals surface area contributed by atoms with Gasteiger partial charge < -0.3 is 10.6 Å². The molecule has 0 aliphatic heterocycles. The number of carbonyl (C=O) groups is 1. The largest absolute Gasteiger partial charge is 0.331 e. The highest BCUT2D eigenvalue weighted by atomic mass is 32.2. The van der Waals surface area contributed by atoms with E-state index in [1.165, 1.54) is 23.9 Å². The van der Waals surface area contributed by atoms with Crippen LogP contribution in [0.3, 0.4) is 0 Å². The Bertz CT molecular complexity index is 1350. The van der Waals surface area contributed by atoms with Gasteiger partial charge >= 0.3 is 6.03 Å². The lowest BCUT2D eigenvalue weighted by Crippen LogP contribution is -2.29. The fourth-order valence-corrected chi connectivity index (χ4v) is 4.06. The lowest BCUT2D eigenvalue weighted by Gasteiger charge is -2.12. The maximum Gasteiger partial charge on any atom is 0.319 e. The Kier molecular flexibility index (Phi) is 7.31. The minimum atomic E-state index is -0.909. The summed E-state index contributed by atoms with van der Waals surface area (Å²) in [6.45, 7) is -0.0788. The van der Waals surface area contributed by atoms with E-state index in [2.05, 4.69) is 20.8 Å². The molecule has 2 N–H and O–H groups in total. The van der Waals surface area contributed by atoms with Gasteiger partial charge in [-0.1, -0.05) is 42.1 Å². The quantitative estimate of drug-likeness (QED) is 0.200. The highest BCUT2D eigenvalue weighted by Crippen LogP contribution is 2.26. The molecule has 178 valence electrons. The second-order valence-electron chi connectivity index (χ2n) is 7.21. The average molecular weight is 496 g/mol. The number of halogens is 2. The highest BCUT2D eigenvalue weighted by Gasteiger charge is 2.17.